The van der Waals surface area contributed by atoms with Crippen molar-refractivity contribution in [3.05, 3.63) is 52.6 Å². The zero-order chi connectivity index (χ0) is 21.7. The van der Waals surface area contributed by atoms with Gasteiger partial charge in [-0.3, -0.25) is 4.79 Å². The van der Waals surface area contributed by atoms with E-state index in [1.807, 2.05) is 17.9 Å². The van der Waals surface area contributed by atoms with Crippen LogP contribution >= 0.6 is 0 Å². The fourth-order valence-corrected chi connectivity index (χ4v) is 4.81. The summed E-state index contributed by atoms with van der Waals surface area (Å²) in [5, 5.41) is 8.88. The van der Waals surface area contributed by atoms with Crippen molar-refractivity contribution in [3.8, 4) is 0 Å². The molecule has 3 rings (SSSR count). The fourth-order valence-electron chi connectivity index (χ4n) is 4.81. The third kappa shape index (κ3) is 3.90. The molecule has 1 saturated carbocycles. The van der Waals surface area contributed by atoms with Crippen molar-refractivity contribution in [2.45, 2.75) is 78.2 Å². The Morgan fingerprint density at radius 2 is 1.90 bits per heavy atom. The van der Waals surface area contributed by atoms with Crippen molar-refractivity contribution in [1.82, 2.24) is 0 Å². The number of carboxylic acids is 1. The predicted molar refractivity (Wildman–Crippen MR) is 117 cm³/mol. The minimum absolute atomic E-state index is 0.0549. The lowest BCUT2D eigenvalue weighted by Crippen LogP contribution is -2.45. The number of amides is 1. The molecule has 2 atom stereocenters. The second kappa shape index (κ2) is 7.16. The van der Waals surface area contributed by atoms with E-state index in [4.69, 9.17) is 5.11 Å². The lowest BCUT2D eigenvalue weighted by molar-refractivity contribution is -0.131. The van der Waals surface area contributed by atoms with Gasteiger partial charge in [-0.15, -0.1) is 0 Å². The van der Waals surface area contributed by atoms with Crippen LogP contribution in [-0.4, -0.2) is 23.0 Å². The van der Waals surface area contributed by atoms with Crippen LogP contribution in [0.4, 0.5) is 5.69 Å². The monoisotopic (exact) mass is 395 g/mol. The number of hydrogen-bond donors (Lipinski definition) is 1. The van der Waals surface area contributed by atoms with Crippen LogP contribution in [0.1, 0.15) is 71.1 Å². The van der Waals surface area contributed by atoms with Crippen LogP contribution in [0.15, 0.2) is 35.9 Å². The number of benzene rings is 1. The van der Waals surface area contributed by atoms with Crippen LogP contribution in [0.25, 0.3) is 0 Å². The quantitative estimate of drug-likeness (QED) is 0.545. The average Bonchev–Trinajstić information content (AvgIpc) is 3.22. The molecule has 1 fully saturated rings. The Morgan fingerprint density at radius 1 is 1.24 bits per heavy atom. The molecular weight excluding hydrogens is 362 g/mol. The maximum Gasteiger partial charge on any atom is 0.328 e. The molecule has 0 bridgehead atoms. The second-order valence-electron chi connectivity index (χ2n) is 9.92. The van der Waals surface area contributed by atoms with Crippen molar-refractivity contribution in [2.24, 2.45) is 5.92 Å². The Bertz CT molecular complexity index is 922. The van der Waals surface area contributed by atoms with Crippen LogP contribution in [0.3, 0.4) is 0 Å². The molecule has 0 spiro atoms. The van der Waals surface area contributed by atoms with E-state index in [-0.39, 0.29) is 22.8 Å². The largest absolute Gasteiger partial charge is 0.478 e. The summed E-state index contributed by atoms with van der Waals surface area (Å²) in [5.41, 5.74) is 5.49. The van der Waals surface area contributed by atoms with Gasteiger partial charge in [-0.05, 0) is 73.8 Å². The summed E-state index contributed by atoms with van der Waals surface area (Å²) in [4.78, 5) is 25.5. The maximum absolute atomic E-state index is 12.8. The standard InChI is InChI=1S/C25H33NO3/c1-15(2)26-21-11-17(4)19(12-20(21)24(5,6)14-22(26)27)25(7)13-18(25)9-8-16(3)10-23(28)29/h8-12,15,18H,13-14H2,1-7H3,(H,28,29)/b9-8+,16-10+/t18?,25-/m0/s1. The third-order valence-corrected chi connectivity index (χ3v) is 6.57. The summed E-state index contributed by atoms with van der Waals surface area (Å²) in [6.07, 6.45) is 6.88. The van der Waals surface area contributed by atoms with Crippen LogP contribution in [0.2, 0.25) is 0 Å². The summed E-state index contributed by atoms with van der Waals surface area (Å²) < 4.78 is 0. The number of carbonyl (C=O) groups is 2. The predicted octanol–water partition coefficient (Wildman–Crippen LogP) is 5.28. The number of hydrogen-bond acceptors (Lipinski definition) is 2. The minimum atomic E-state index is -0.914. The smallest absolute Gasteiger partial charge is 0.328 e. The van der Waals surface area contributed by atoms with Gasteiger partial charge in [0.05, 0.1) is 0 Å². The minimum Gasteiger partial charge on any atom is -0.478 e. The first kappa shape index (κ1) is 21.4. The maximum atomic E-state index is 12.8. The molecule has 1 aliphatic carbocycles. The lowest BCUT2D eigenvalue weighted by Gasteiger charge is -2.41. The number of allylic oxidation sites excluding steroid dienone is 3. The molecule has 0 saturated heterocycles. The zero-order valence-electron chi connectivity index (χ0n) is 18.7. The van der Waals surface area contributed by atoms with E-state index in [9.17, 15) is 9.59 Å². The number of fused-ring (bicyclic) bond motifs is 1. The highest BCUT2D eigenvalue weighted by molar-refractivity contribution is 5.98. The molecule has 0 aromatic heterocycles. The van der Waals surface area contributed by atoms with Crippen LogP contribution in [0, 0.1) is 12.8 Å². The molecular formula is C25H33NO3. The van der Waals surface area contributed by atoms with Gasteiger partial charge in [0.15, 0.2) is 0 Å². The first-order valence-electron chi connectivity index (χ1n) is 10.4. The number of aliphatic carboxylic acids is 1. The van der Waals surface area contributed by atoms with Crippen LogP contribution < -0.4 is 4.90 Å². The molecule has 29 heavy (non-hydrogen) atoms. The molecule has 4 nitrogen and oxygen atoms in total. The first-order valence-corrected chi connectivity index (χ1v) is 10.4. The molecule has 1 N–H and O–H groups in total. The highest BCUT2D eigenvalue weighted by atomic mass is 16.4. The van der Waals surface area contributed by atoms with Gasteiger partial charge in [0.2, 0.25) is 5.91 Å². The molecule has 1 aromatic rings. The number of rotatable bonds is 5. The van der Waals surface area contributed by atoms with Crippen LogP contribution in [-0.2, 0) is 20.4 Å². The molecule has 1 aliphatic heterocycles. The zero-order valence-corrected chi connectivity index (χ0v) is 18.7. The molecule has 1 unspecified atom stereocenters. The van der Waals surface area contributed by atoms with E-state index in [1.54, 1.807) is 0 Å². The summed E-state index contributed by atoms with van der Waals surface area (Å²) in [6.45, 7) is 14.7. The van der Waals surface area contributed by atoms with Crippen molar-refractivity contribution in [2.75, 3.05) is 4.90 Å². The molecule has 1 heterocycles. The van der Waals surface area contributed by atoms with Gasteiger partial charge >= 0.3 is 5.97 Å². The Hall–Kier alpha value is -2.36. The van der Waals surface area contributed by atoms with Crippen molar-refractivity contribution >= 4 is 17.6 Å². The summed E-state index contributed by atoms with van der Waals surface area (Å²) in [7, 11) is 0. The fraction of sp³-hybridized carbons (Fsp3) is 0.520. The SMILES string of the molecule is CC(/C=C/C1C[C@]1(C)c1cc2c(cc1C)N(C(C)C)C(=O)CC2(C)C)=C\C(=O)O. The Kier molecular flexibility index (Phi) is 5.27. The molecule has 1 aromatic carbocycles. The molecule has 1 amide bonds. The normalized spacial score (nSPS) is 26.2. The number of anilines is 1. The second-order valence-corrected chi connectivity index (χ2v) is 9.92. The van der Waals surface area contributed by atoms with E-state index < -0.39 is 5.97 Å². The Morgan fingerprint density at radius 3 is 2.48 bits per heavy atom. The van der Waals surface area contributed by atoms with Gasteiger partial charge in [-0.1, -0.05) is 39.0 Å². The average molecular weight is 396 g/mol. The topological polar surface area (TPSA) is 57.6 Å². The first-order chi connectivity index (χ1) is 13.4. The molecule has 4 heteroatoms. The lowest BCUT2D eigenvalue weighted by atomic mass is 9.74. The van der Waals surface area contributed by atoms with Crippen LogP contribution in [0.5, 0.6) is 0 Å². The van der Waals surface area contributed by atoms with Crippen molar-refractivity contribution in [3.63, 3.8) is 0 Å². The van der Waals surface area contributed by atoms with Gasteiger partial charge in [-0.2, -0.15) is 0 Å². The third-order valence-electron chi connectivity index (χ3n) is 6.57. The van der Waals surface area contributed by atoms with Gasteiger partial charge < -0.3 is 10.0 Å². The molecule has 2 aliphatic rings. The number of carboxylic acid groups (broad SMARTS) is 1. The highest BCUT2D eigenvalue weighted by Crippen LogP contribution is 2.57. The Balaban J connectivity index is 1.98. The van der Waals surface area contributed by atoms with Gasteiger partial charge in [-0.25, -0.2) is 4.79 Å². The van der Waals surface area contributed by atoms with E-state index in [2.05, 4.69) is 59.8 Å². The van der Waals surface area contributed by atoms with E-state index in [0.717, 1.165) is 17.7 Å². The number of aryl methyl sites for hydroxylation is 1. The number of carbonyl (C=O) groups excluding carboxylic acids is 1. The summed E-state index contributed by atoms with van der Waals surface area (Å²) >= 11 is 0. The van der Waals surface area contributed by atoms with Crippen molar-refractivity contribution < 1.29 is 14.7 Å². The van der Waals surface area contributed by atoms with Gasteiger partial charge in [0, 0.05) is 29.6 Å². The van der Waals surface area contributed by atoms with E-state index in [0.29, 0.717) is 12.3 Å². The van der Waals surface area contributed by atoms with E-state index in [1.165, 1.54) is 22.8 Å². The van der Waals surface area contributed by atoms with Crippen molar-refractivity contribution in [1.29, 1.82) is 0 Å². The number of nitrogens with zero attached hydrogens (tertiary/aromatic N) is 1. The van der Waals surface area contributed by atoms with Gasteiger partial charge in [0.25, 0.3) is 0 Å². The Labute approximate surface area is 174 Å². The van der Waals surface area contributed by atoms with E-state index >= 15 is 0 Å². The summed E-state index contributed by atoms with van der Waals surface area (Å²) in [6, 6.07) is 4.67. The molecule has 156 valence electrons. The summed E-state index contributed by atoms with van der Waals surface area (Å²) in [5.74, 6) is -0.322. The van der Waals surface area contributed by atoms with Gasteiger partial charge in [0.1, 0.15) is 0 Å². The highest BCUT2D eigenvalue weighted by Gasteiger charge is 2.51. The molecule has 0 radical (unpaired) electrons.